The first-order valence-corrected chi connectivity index (χ1v) is 8.07. The summed E-state index contributed by atoms with van der Waals surface area (Å²) in [5.41, 5.74) is 1.82. The molecule has 1 aliphatic carbocycles. The predicted octanol–water partition coefficient (Wildman–Crippen LogP) is 2.92. The molecule has 128 valence electrons. The summed E-state index contributed by atoms with van der Waals surface area (Å²) in [5, 5.41) is 13.4. The monoisotopic (exact) mass is 340 g/mol. The third kappa shape index (κ3) is 3.70. The van der Waals surface area contributed by atoms with Crippen LogP contribution in [0.2, 0.25) is 0 Å². The molecule has 1 unspecified atom stereocenters. The van der Waals surface area contributed by atoms with Gasteiger partial charge < -0.3 is 10.6 Å². The van der Waals surface area contributed by atoms with E-state index in [1.54, 1.807) is 6.07 Å². The van der Waals surface area contributed by atoms with Gasteiger partial charge >= 0.3 is 0 Å². The van der Waals surface area contributed by atoms with Crippen LogP contribution in [-0.4, -0.2) is 30.1 Å². The normalized spacial score (nSPS) is 15.0. The number of aromatic amines is 1. The van der Waals surface area contributed by atoms with E-state index >= 15 is 0 Å². The first-order chi connectivity index (χ1) is 12.2. The molecular weight excluding hydrogens is 323 g/mol. The molecule has 8 nitrogen and oxygen atoms in total. The van der Waals surface area contributed by atoms with Gasteiger partial charge in [-0.05, 0) is 31.9 Å². The molecule has 0 spiro atoms. The van der Waals surface area contributed by atoms with E-state index in [-0.39, 0.29) is 11.9 Å². The number of nitrogens with zero attached hydrogens (tertiary/aromatic N) is 5. The highest BCUT2D eigenvalue weighted by Crippen LogP contribution is 2.39. The maximum Gasteiger partial charge on any atom is 0.233 e. The second-order valence-electron chi connectivity index (χ2n) is 6.01. The van der Waals surface area contributed by atoms with Crippen molar-refractivity contribution >= 4 is 17.7 Å². The molecule has 25 heavy (non-hydrogen) atoms. The molecule has 3 heterocycles. The quantitative estimate of drug-likeness (QED) is 0.633. The molecule has 1 atom stereocenters. The molecule has 0 amide bonds. The largest absolute Gasteiger partial charge is 0.346 e. The zero-order valence-electron chi connectivity index (χ0n) is 13.6. The van der Waals surface area contributed by atoms with Gasteiger partial charge in [0, 0.05) is 17.7 Å². The average Bonchev–Trinajstić information content (AvgIpc) is 3.36. The second-order valence-corrected chi connectivity index (χ2v) is 6.01. The van der Waals surface area contributed by atoms with Crippen LogP contribution in [0, 0.1) is 5.82 Å². The van der Waals surface area contributed by atoms with E-state index in [4.69, 9.17) is 0 Å². The molecule has 0 saturated heterocycles. The molecule has 3 aromatic heterocycles. The van der Waals surface area contributed by atoms with Gasteiger partial charge in [0.1, 0.15) is 12.1 Å². The van der Waals surface area contributed by atoms with Gasteiger partial charge in [-0.1, -0.05) is 0 Å². The van der Waals surface area contributed by atoms with Gasteiger partial charge in [-0.3, -0.25) is 10.1 Å². The van der Waals surface area contributed by atoms with Crippen molar-refractivity contribution in [3.63, 3.8) is 0 Å². The molecule has 0 aromatic carbocycles. The molecule has 1 fully saturated rings. The van der Waals surface area contributed by atoms with Crippen molar-refractivity contribution in [2.45, 2.75) is 31.7 Å². The lowest BCUT2D eigenvalue weighted by Gasteiger charge is -2.13. The van der Waals surface area contributed by atoms with Crippen LogP contribution in [0.4, 0.5) is 22.1 Å². The Morgan fingerprint density at radius 1 is 1.20 bits per heavy atom. The summed E-state index contributed by atoms with van der Waals surface area (Å²) in [4.78, 5) is 16.6. The van der Waals surface area contributed by atoms with E-state index in [9.17, 15) is 4.39 Å². The predicted molar refractivity (Wildman–Crippen MR) is 89.9 cm³/mol. The average molecular weight is 340 g/mol. The van der Waals surface area contributed by atoms with E-state index in [1.165, 1.54) is 31.4 Å². The smallest absolute Gasteiger partial charge is 0.233 e. The first kappa shape index (κ1) is 15.4. The van der Waals surface area contributed by atoms with Gasteiger partial charge in [-0.2, -0.15) is 10.1 Å². The number of pyridine rings is 1. The fourth-order valence-electron chi connectivity index (χ4n) is 2.46. The lowest BCUT2D eigenvalue weighted by molar-refractivity contribution is 0.617. The van der Waals surface area contributed by atoms with Crippen molar-refractivity contribution in [1.82, 2.24) is 30.1 Å². The van der Waals surface area contributed by atoms with Gasteiger partial charge in [-0.15, -0.1) is 0 Å². The van der Waals surface area contributed by atoms with E-state index in [1.807, 2.05) is 13.0 Å². The summed E-state index contributed by atoms with van der Waals surface area (Å²) in [6.45, 7) is 1.90. The Bertz CT molecular complexity index is 859. The number of nitrogens with one attached hydrogen (secondary N) is 3. The molecule has 1 aliphatic rings. The van der Waals surface area contributed by atoms with Gasteiger partial charge in [0.05, 0.1) is 17.9 Å². The SMILES string of the molecule is CC(Nc1ncnc(Nc2cc(C3CC3)[nH]n2)n1)c1ccc(F)cn1. The van der Waals surface area contributed by atoms with Crippen molar-refractivity contribution < 1.29 is 4.39 Å². The maximum atomic E-state index is 13.0. The minimum atomic E-state index is -0.368. The van der Waals surface area contributed by atoms with E-state index in [2.05, 4.69) is 40.8 Å². The van der Waals surface area contributed by atoms with Crippen molar-refractivity contribution in [2.24, 2.45) is 0 Å². The molecule has 9 heteroatoms. The van der Waals surface area contributed by atoms with Gasteiger partial charge in [-0.25, -0.2) is 14.4 Å². The zero-order valence-corrected chi connectivity index (χ0v) is 13.6. The van der Waals surface area contributed by atoms with Crippen LogP contribution in [0.5, 0.6) is 0 Å². The number of aromatic nitrogens is 6. The van der Waals surface area contributed by atoms with Gasteiger partial charge in [0.15, 0.2) is 5.82 Å². The van der Waals surface area contributed by atoms with E-state index in [0.717, 1.165) is 5.69 Å². The minimum absolute atomic E-state index is 0.178. The fourth-order valence-corrected chi connectivity index (χ4v) is 2.46. The van der Waals surface area contributed by atoms with Crippen molar-refractivity contribution in [2.75, 3.05) is 10.6 Å². The van der Waals surface area contributed by atoms with Crippen LogP contribution in [0.3, 0.4) is 0 Å². The molecule has 0 bridgehead atoms. The number of H-pyrrole nitrogens is 1. The van der Waals surface area contributed by atoms with E-state index in [0.29, 0.717) is 29.3 Å². The standard InChI is InChI=1S/C16H17FN8/c1-9(12-5-4-11(17)7-18-12)21-15-19-8-20-16(23-15)22-14-6-13(24-25-14)10-2-3-10/h4-10H,2-3H2,1H3,(H3,19,20,21,22,23,24,25). The Morgan fingerprint density at radius 2 is 2.04 bits per heavy atom. The van der Waals surface area contributed by atoms with Crippen molar-refractivity contribution in [1.29, 1.82) is 0 Å². The maximum absolute atomic E-state index is 13.0. The Morgan fingerprint density at radius 3 is 2.80 bits per heavy atom. The summed E-state index contributed by atoms with van der Waals surface area (Å²) in [7, 11) is 0. The van der Waals surface area contributed by atoms with Crippen LogP contribution < -0.4 is 10.6 Å². The topological polar surface area (TPSA) is 104 Å². The molecule has 1 saturated carbocycles. The number of halogens is 1. The first-order valence-electron chi connectivity index (χ1n) is 8.07. The summed E-state index contributed by atoms with van der Waals surface area (Å²) < 4.78 is 13.0. The highest BCUT2D eigenvalue weighted by molar-refractivity contribution is 5.49. The fraction of sp³-hybridized carbons (Fsp3) is 0.312. The summed E-state index contributed by atoms with van der Waals surface area (Å²) >= 11 is 0. The zero-order chi connectivity index (χ0) is 17.2. The minimum Gasteiger partial charge on any atom is -0.346 e. The Labute approximate surface area is 143 Å². The van der Waals surface area contributed by atoms with Gasteiger partial charge in [0.2, 0.25) is 11.9 Å². The number of rotatable bonds is 6. The Hall–Kier alpha value is -3.10. The summed E-state index contributed by atoms with van der Waals surface area (Å²) in [6.07, 6.45) is 5.01. The highest BCUT2D eigenvalue weighted by Gasteiger charge is 2.25. The van der Waals surface area contributed by atoms with Gasteiger partial charge in [0.25, 0.3) is 0 Å². The lowest BCUT2D eigenvalue weighted by atomic mass is 10.2. The molecule has 3 aromatic rings. The number of hydrogen-bond donors (Lipinski definition) is 3. The summed E-state index contributed by atoms with van der Waals surface area (Å²) in [5.74, 6) is 1.70. The molecule has 4 rings (SSSR count). The molecule has 3 N–H and O–H groups in total. The third-order valence-electron chi connectivity index (χ3n) is 3.97. The van der Waals surface area contributed by atoms with Crippen molar-refractivity contribution in [3.8, 4) is 0 Å². The lowest BCUT2D eigenvalue weighted by Crippen LogP contribution is -2.12. The molecule has 0 radical (unpaired) electrons. The third-order valence-corrected chi connectivity index (χ3v) is 3.97. The number of hydrogen-bond acceptors (Lipinski definition) is 7. The van der Waals surface area contributed by atoms with E-state index < -0.39 is 0 Å². The van der Waals surface area contributed by atoms with Crippen LogP contribution in [-0.2, 0) is 0 Å². The van der Waals surface area contributed by atoms with Crippen LogP contribution >= 0.6 is 0 Å². The highest BCUT2D eigenvalue weighted by atomic mass is 19.1. The van der Waals surface area contributed by atoms with Crippen molar-refractivity contribution in [3.05, 3.63) is 47.9 Å². The van der Waals surface area contributed by atoms with Crippen LogP contribution in [0.1, 0.15) is 43.1 Å². The Balaban J connectivity index is 1.44. The summed E-state index contributed by atoms with van der Waals surface area (Å²) in [6, 6.07) is 4.79. The van der Waals surface area contributed by atoms with Crippen LogP contribution in [0.15, 0.2) is 30.7 Å². The molecule has 0 aliphatic heterocycles. The Kier molecular flexibility index (Phi) is 3.96. The van der Waals surface area contributed by atoms with Crippen LogP contribution in [0.25, 0.3) is 0 Å². The molecular formula is C16H17FN8. The number of anilines is 3. The second kappa shape index (κ2) is 6.42.